The van der Waals surface area contributed by atoms with Crippen molar-refractivity contribution >= 4 is 0 Å². The van der Waals surface area contributed by atoms with E-state index in [-0.39, 0.29) is 0 Å². The average molecular weight is 330 g/mol. The molecule has 5 heteroatoms. The molecule has 0 spiro atoms. The molecular weight excluding hydrogens is 304 g/mol. The van der Waals surface area contributed by atoms with Crippen LogP contribution < -0.4 is 14.8 Å². The summed E-state index contributed by atoms with van der Waals surface area (Å²) in [5.41, 5.74) is 2.18. The summed E-state index contributed by atoms with van der Waals surface area (Å²) in [5.74, 6) is 1.47. The Labute approximate surface area is 144 Å². The Bertz CT molecular complexity index is 605. The quantitative estimate of drug-likeness (QED) is 0.725. The molecule has 0 radical (unpaired) electrons. The van der Waals surface area contributed by atoms with E-state index in [9.17, 15) is 0 Å². The molecule has 0 saturated heterocycles. The molecular formula is C19H26N2O3. The highest BCUT2D eigenvalue weighted by atomic mass is 16.5. The number of methoxy groups -OCH3 is 2. The van der Waals surface area contributed by atoms with Gasteiger partial charge in [-0.05, 0) is 37.1 Å². The Morgan fingerprint density at radius 2 is 2.00 bits per heavy atom. The molecule has 0 fully saturated rings. The summed E-state index contributed by atoms with van der Waals surface area (Å²) in [6, 6.07) is 10.3. The van der Waals surface area contributed by atoms with Gasteiger partial charge < -0.3 is 19.5 Å². The summed E-state index contributed by atoms with van der Waals surface area (Å²) in [6.45, 7) is 4.15. The first-order valence-electron chi connectivity index (χ1n) is 8.14. The van der Waals surface area contributed by atoms with Crippen LogP contribution in [-0.4, -0.2) is 31.9 Å². The first kappa shape index (κ1) is 18.2. The van der Waals surface area contributed by atoms with Gasteiger partial charge in [-0.2, -0.15) is 0 Å². The number of aromatic nitrogens is 1. The van der Waals surface area contributed by atoms with Crippen LogP contribution in [0.3, 0.4) is 0 Å². The van der Waals surface area contributed by atoms with E-state index in [0.717, 1.165) is 42.2 Å². The zero-order valence-electron chi connectivity index (χ0n) is 14.6. The molecule has 2 aromatic rings. The molecule has 0 aliphatic rings. The highest BCUT2D eigenvalue weighted by Gasteiger charge is 2.08. The van der Waals surface area contributed by atoms with Crippen LogP contribution in [-0.2, 0) is 17.9 Å². The molecule has 1 unspecified atom stereocenters. The molecule has 0 aliphatic heterocycles. The van der Waals surface area contributed by atoms with Crippen LogP contribution in [0.2, 0.25) is 0 Å². The molecule has 1 N–H and O–H groups in total. The van der Waals surface area contributed by atoms with Crippen LogP contribution >= 0.6 is 0 Å². The first-order valence-corrected chi connectivity index (χ1v) is 8.14. The molecule has 0 amide bonds. The van der Waals surface area contributed by atoms with E-state index in [2.05, 4.69) is 17.2 Å². The fourth-order valence-electron chi connectivity index (χ4n) is 2.28. The van der Waals surface area contributed by atoms with Crippen LogP contribution in [0, 0.1) is 0 Å². The lowest BCUT2D eigenvalue weighted by Crippen LogP contribution is -2.26. The third-order valence-electron chi connectivity index (χ3n) is 3.75. The Morgan fingerprint density at radius 3 is 2.71 bits per heavy atom. The molecule has 1 aromatic heterocycles. The average Bonchev–Trinajstić information content (AvgIpc) is 2.63. The number of nitrogens with one attached hydrogen (secondary N) is 1. The summed E-state index contributed by atoms with van der Waals surface area (Å²) in [7, 11) is 3.37. The highest BCUT2D eigenvalue weighted by molar-refractivity contribution is 5.43. The van der Waals surface area contributed by atoms with E-state index in [1.54, 1.807) is 26.6 Å². The van der Waals surface area contributed by atoms with E-state index >= 15 is 0 Å². The topological polar surface area (TPSA) is 52.6 Å². The lowest BCUT2D eigenvalue weighted by atomic mass is 10.1. The van der Waals surface area contributed by atoms with Gasteiger partial charge in [0.05, 0.1) is 7.11 Å². The number of pyridine rings is 1. The zero-order valence-corrected chi connectivity index (χ0v) is 14.6. The number of ether oxygens (including phenoxy) is 3. The molecule has 1 heterocycles. The smallest absolute Gasteiger partial charge is 0.161 e. The van der Waals surface area contributed by atoms with Crippen molar-refractivity contribution in [2.45, 2.75) is 32.5 Å². The standard InChI is InChI=1S/C19H26N2O3/c1-15(8-10-22-2)21-13-16-6-7-18(23-3)19(11-16)24-14-17-5-4-9-20-12-17/h4-7,9,11-12,15,21H,8,10,13-14H2,1-3H3. The molecule has 0 saturated carbocycles. The van der Waals surface area contributed by atoms with Gasteiger partial charge in [-0.25, -0.2) is 0 Å². The zero-order chi connectivity index (χ0) is 17.2. The fraction of sp³-hybridized carbons (Fsp3) is 0.421. The number of rotatable bonds is 10. The fourth-order valence-corrected chi connectivity index (χ4v) is 2.28. The maximum Gasteiger partial charge on any atom is 0.161 e. The van der Waals surface area contributed by atoms with Crippen LogP contribution in [0.25, 0.3) is 0 Å². The Morgan fingerprint density at radius 1 is 1.12 bits per heavy atom. The maximum atomic E-state index is 5.91. The molecule has 1 aromatic carbocycles. The van der Waals surface area contributed by atoms with E-state index in [1.807, 2.05) is 30.3 Å². The second-order valence-corrected chi connectivity index (χ2v) is 5.70. The Kier molecular flexibility index (Phi) is 7.52. The van der Waals surface area contributed by atoms with Crippen LogP contribution in [0.15, 0.2) is 42.7 Å². The summed E-state index contributed by atoms with van der Waals surface area (Å²) >= 11 is 0. The summed E-state index contributed by atoms with van der Waals surface area (Å²) in [5, 5.41) is 3.49. The van der Waals surface area contributed by atoms with Gasteiger partial charge in [0, 0.05) is 44.3 Å². The molecule has 0 bridgehead atoms. The molecule has 1 atom stereocenters. The third-order valence-corrected chi connectivity index (χ3v) is 3.75. The minimum Gasteiger partial charge on any atom is -0.493 e. The summed E-state index contributed by atoms with van der Waals surface area (Å²) in [4.78, 5) is 4.10. The van der Waals surface area contributed by atoms with Gasteiger partial charge >= 0.3 is 0 Å². The first-order chi connectivity index (χ1) is 11.7. The largest absolute Gasteiger partial charge is 0.493 e. The van der Waals surface area contributed by atoms with Gasteiger partial charge in [0.1, 0.15) is 6.61 Å². The van der Waals surface area contributed by atoms with E-state index < -0.39 is 0 Å². The SMILES string of the molecule is COCCC(C)NCc1ccc(OC)c(OCc2cccnc2)c1. The van der Waals surface area contributed by atoms with Crippen molar-refractivity contribution in [2.75, 3.05) is 20.8 Å². The number of hydrogen-bond acceptors (Lipinski definition) is 5. The minimum absolute atomic E-state index is 0.395. The Balaban J connectivity index is 1.96. The van der Waals surface area contributed by atoms with E-state index in [0.29, 0.717) is 12.6 Å². The van der Waals surface area contributed by atoms with Crippen molar-refractivity contribution in [1.29, 1.82) is 0 Å². The van der Waals surface area contributed by atoms with Gasteiger partial charge in [0.2, 0.25) is 0 Å². The van der Waals surface area contributed by atoms with Gasteiger partial charge in [-0.1, -0.05) is 12.1 Å². The molecule has 24 heavy (non-hydrogen) atoms. The van der Waals surface area contributed by atoms with Crippen molar-refractivity contribution in [3.63, 3.8) is 0 Å². The van der Waals surface area contributed by atoms with Crippen molar-refractivity contribution in [2.24, 2.45) is 0 Å². The van der Waals surface area contributed by atoms with Crippen LogP contribution in [0.1, 0.15) is 24.5 Å². The normalized spacial score (nSPS) is 12.0. The highest BCUT2D eigenvalue weighted by Crippen LogP contribution is 2.28. The summed E-state index contributed by atoms with van der Waals surface area (Å²) in [6.07, 6.45) is 4.54. The van der Waals surface area contributed by atoms with E-state index in [4.69, 9.17) is 14.2 Å². The van der Waals surface area contributed by atoms with Crippen molar-refractivity contribution in [3.05, 3.63) is 53.9 Å². The molecule has 0 aliphatic carbocycles. The van der Waals surface area contributed by atoms with Crippen molar-refractivity contribution in [1.82, 2.24) is 10.3 Å². The predicted octanol–water partition coefficient (Wildman–Crippen LogP) is 3.18. The number of benzene rings is 1. The molecule has 2 rings (SSSR count). The summed E-state index contributed by atoms with van der Waals surface area (Å²) < 4.78 is 16.4. The lowest BCUT2D eigenvalue weighted by molar-refractivity contribution is 0.184. The lowest BCUT2D eigenvalue weighted by Gasteiger charge is -2.15. The molecule has 130 valence electrons. The number of nitrogens with zero attached hydrogens (tertiary/aromatic N) is 1. The maximum absolute atomic E-state index is 5.91. The van der Waals surface area contributed by atoms with Gasteiger partial charge in [0.25, 0.3) is 0 Å². The second-order valence-electron chi connectivity index (χ2n) is 5.70. The molecule has 5 nitrogen and oxygen atoms in total. The predicted molar refractivity (Wildman–Crippen MR) is 94.4 cm³/mol. The van der Waals surface area contributed by atoms with Gasteiger partial charge in [-0.15, -0.1) is 0 Å². The van der Waals surface area contributed by atoms with Crippen LogP contribution in [0.5, 0.6) is 11.5 Å². The monoisotopic (exact) mass is 330 g/mol. The van der Waals surface area contributed by atoms with E-state index in [1.165, 1.54) is 0 Å². The second kappa shape index (κ2) is 9.90. The van der Waals surface area contributed by atoms with Crippen LogP contribution in [0.4, 0.5) is 0 Å². The Hall–Kier alpha value is -2.11. The van der Waals surface area contributed by atoms with Crippen molar-refractivity contribution < 1.29 is 14.2 Å². The van der Waals surface area contributed by atoms with Gasteiger partial charge in [0.15, 0.2) is 11.5 Å². The van der Waals surface area contributed by atoms with Gasteiger partial charge in [-0.3, -0.25) is 4.98 Å². The third kappa shape index (κ3) is 5.83. The minimum atomic E-state index is 0.395. The van der Waals surface area contributed by atoms with Crippen molar-refractivity contribution in [3.8, 4) is 11.5 Å². The number of hydrogen-bond donors (Lipinski definition) is 1.